The van der Waals surface area contributed by atoms with E-state index in [1.54, 1.807) is 12.0 Å². The van der Waals surface area contributed by atoms with Crippen molar-refractivity contribution in [3.63, 3.8) is 0 Å². The van der Waals surface area contributed by atoms with Gasteiger partial charge in [-0.3, -0.25) is 4.79 Å². The van der Waals surface area contributed by atoms with Crippen molar-refractivity contribution in [2.24, 2.45) is 5.92 Å². The fraction of sp³-hybridized carbons (Fsp3) is 0.533. The summed E-state index contributed by atoms with van der Waals surface area (Å²) in [6.07, 6.45) is 2.74. The van der Waals surface area contributed by atoms with Crippen LogP contribution in [-0.2, 0) is 4.74 Å². The van der Waals surface area contributed by atoms with E-state index in [1.165, 1.54) is 0 Å². The molecule has 0 saturated carbocycles. The fourth-order valence-electron chi connectivity index (χ4n) is 2.54. The molecule has 1 aliphatic heterocycles. The van der Waals surface area contributed by atoms with Gasteiger partial charge >= 0.3 is 0 Å². The molecule has 1 saturated heterocycles. The van der Waals surface area contributed by atoms with Crippen molar-refractivity contribution < 1.29 is 18.3 Å². The first-order valence-electron chi connectivity index (χ1n) is 6.85. The number of ether oxygens (including phenoxy) is 1. The van der Waals surface area contributed by atoms with E-state index in [4.69, 9.17) is 4.74 Å². The van der Waals surface area contributed by atoms with E-state index in [9.17, 15) is 13.6 Å². The smallest absolute Gasteiger partial charge is 0.256 e. The van der Waals surface area contributed by atoms with Crippen LogP contribution >= 0.6 is 0 Å². The van der Waals surface area contributed by atoms with E-state index in [0.717, 1.165) is 44.1 Å². The van der Waals surface area contributed by atoms with Gasteiger partial charge in [0.2, 0.25) is 0 Å². The second kappa shape index (κ2) is 6.79. The summed E-state index contributed by atoms with van der Waals surface area (Å²) in [5, 5.41) is 0. The lowest BCUT2D eigenvalue weighted by Gasteiger charge is -2.32. The zero-order valence-electron chi connectivity index (χ0n) is 11.6. The number of benzene rings is 1. The molecule has 0 bridgehead atoms. The van der Waals surface area contributed by atoms with Crippen molar-refractivity contribution in [1.29, 1.82) is 0 Å². The van der Waals surface area contributed by atoms with Crippen LogP contribution in [0.4, 0.5) is 8.78 Å². The van der Waals surface area contributed by atoms with Gasteiger partial charge in [-0.25, -0.2) is 8.78 Å². The molecule has 1 aromatic carbocycles. The zero-order valence-corrected chi connectivity index (χ0v) is 11.6. The Morgan fingerprint density at radius 1 is 1.35 bits per heavy atom. The zero-order chi connectivity index (χ0) is 14.5. The maximum atomic E-state index is 13.6. The highest BCUT2D eigenvalue weighted by Crippen LogP contribution is 2.22. The van der Waals surface area contributed by atoms with Gasteiger partial charge < -0.3 is 9.64 Å². The average Bonchev–Trinajstić information content (AvgIpc) is 2.47. The Labute approximate surface area is 117 Å². The molecule has 2 rings (SSSR count). The third-order valence-electron chi connectivity index (χ3n) is 3.79. The third-order valence-corrected chi connectivity index (χ3v) is 3.79. The molecular formula is C15H19F2NO2. The topological polar surface area (TPSA) is 29.5 Å². The molecule has 1 amide bonds. The number of carbonyl (C=O) groups excluding carboxylic acids is 1. The van der Waals surface area contributed by atoms with Crippen molar-refractivity contribution >= 4 is 5.91 Å². The van der Waals surface area contributed by atoms with Gasteiger partial charge in [-0.1, -0.05) is 0 Å². The lowest BCUT2D eigenvalue weighted by atomic mass is 9.93. The molecule has 0 radical (unpaired) electrons. The number of carbonyl (C=O) groups is 1. The summed E-state index contributed by atoms with van der Waals surface area (Å²) < 4.78 is 31.8. The van der Waals surface area contributed by atoms with Crippen LogP contribution < -0.4 is 0 Å². The Hall–Kier alpha value is -1.49. The Morgan fingerprint density at radius 2 is 2.05 bits per heavy atom. The normalized spacial score (nSPS) is 16.4. The molecule has 0 atom stereocenters. The minimum absolute atomic E-state index is 0.180. The number of hydrogen-bond donors (Lipinski definition) is 0. The molecule has 20 heavy (non-hydrogen) atoms. The molecule has 3 nitrogen and oxygen atoms in total. The van der Waals surface area contributed by atoms with Gasteiger partial charge in [0.05, 0.1) is 5.56 Å². The number of halogens is 2. The Bertz CT molecular complexity index is 471. The monoisotopic (exact) mass is 283 g/mol. The molecule has 110 valence electrons. The van der Waals surface area contributed by atoms with Gasteiger partial charge in [-0.05, 0) is 43.4 Å². The van der Waals surface area contributed by atoms with Crippen molar-refractivity contribution in [1.82, 2.24) is 4.90 Å². The number of piperidine rings is 1. The van der Waals surface area contributed by atoms with Crippen LogP contribution in [0.3, 0.4) is 0 Å². The summed E-state index contributed by atoms with van der Waals surface area (Å²) in [4.78, 5) is 13.8. The van der Waals surface area contributed by atoms with Gasteiger partial charge in [-0.15, -0.1) is 0 Å². The van der Waals surface area contributed by atoms with E-state index in [1.807, 2.05) is 0 Å². The standard InChI is InChI=1S/C15H19F2NO2/c1-20-9-6-11-4-7-18(8-5-11)15(19)13-10-12(16)2-3-14(13)17/h2-3,10-11H,4-9H2,1H3. The van der Waals surface area contributed by atoms with Crippen LogP contribution in [0.25, 0.3) is 0 Å². The Kier molecular flexibility index (Phi) is 5.06. The number of amides is 1. The van der Waals surface area contributed by atoms with Crippen LogP contribution in [0.5, 0.6) is 0 Å². The molecule has 1 heterocycles. The molecule has 0 aromatic heterocycles. The van der Waals surface area contributed by atoms with Gasteiger partial charge in [0.25, 0.3) is 5.91 Å². The van der Waals surface area contributed by atoms with Crippen LogP contribution in [0.1, 0.15) is 29.6 Å². The molecule has 1 aliphatic rings. The van der Waals surface area contributed by atoms with Gasteiger partial charge in [0.15, 0.2) is 0 Å². The van der Waals surface area contributed by atoms with Crippen LogP contribution in [0.2, 0.25) is 0 Å². The van der Waals surface area contributed by atoms with Gasteiger partial charge in [0.1, 0.15) is 11.6 Å². The number of likely N-dealkylation sites (tertiary alicyclic amines) is 1. The number of hydrogen-bond acceptors (Lipinski definition) is 2. The predicted octanol–water partition coefficient (Wildman–Crippen LogP) is 2.85. The maximum Gasteiger partial charge on any atom is 0.256 e. The summed E-state index contributed by atoms with van der Waals surface area (Å²) in [5.74, 6) is -1.15. The summed E-state index contributed by atoms with van der Waals surface area (Å²) in [6.45, 7) is 1.89. The molecule has 0 aliphatic carbocycles. The van der Waals surface area contributed by atoms with E-state index in [-0.39, 0.29) is 5.56 Å². The van der Waals surface area contributed by atoms with E-state index in [2.05, 4.69) is 0 Å². The summed E-state index contributed by atoms with van der Waals surface area (Å²) in [7, 11) is 1.67. The van der Waals surface area contributed by atoms with Crippen molar-refractivity contribution in [3.05, 3.63) is 35.4 Å². The second-order valence-corrected chi connectivity index (χ2v) is 5.14. The number of rotatable bonds is 4. The second-order valence-electron chi connectivity index (χ2n) is 5.14. The molecule has 5 heteroatoms. The summed E-state index contributed by atoms with van der Waals surface area (Å²) in [6, 6.07) is 2.98. The summed E-state index contributed by atoms with van der Waals surface area (Å²) in [5.41, 5.74) is -0.180. The molecular weight excluding hydrogens is 264 g/mol. The van der Waals surface area contributed by atoms with Crippen molar-refractivity contribution in [3.8, 4) is 0 Å². The molecule has 0 spiro atoms. The highest BCUT2D eigenvalue weighted by atomic mass is 19.1. The van der Waals surface area contributed by atoms with Gasteiger partial charge in [0, 0.05) is 26.8 Å². The largest absolute Gasteiger partial charge is 0.385 e. The third kappa shape index (κ3) is 3.54. The fourth-order valence-corrected chi connectivity index (χ4v) is 2.54. The molecule has 0 unspecified atom stereocenters. The molecule has 0 N–H and O–H groups in total. The highest BCUT2D eigenvalue weighted by molar-refractivity contribution is 5.94. The van der Waals surface area contributed by atoms with E-state index in [0.29, 0.717) is 19.0 Å². The first kappa shape index (κ1) is 14.9. The SMILES string of the molecule is COCCC1CCN(C(=O)c2cc(F)ccc2F)CC1. The van der Waals surface area contributed by atoms with Crippen LogP contribution in [0, 0.1) is 17.6 Å². The number of methoxy groups -OCH3 is 1. The minimum Gasteiger partial charge on any atom is -0.385 e. The Morgan fingerprint density at radius 3 is 2.70 bits per heavy atom. The first-order chi connectivity index (χ1) is 9.61. The van der Waals surface area contributed by atoms with Gasteiger partial charge in [-0.2, -0.15) is 0 Å². The lowest BCUT2D eigenvalue weighted by Crippen LogP contribution is -2.39. The quantitative estimate of drug-likeness (QED) is 0.850. The van der Waals surface area contributed by atoms with E-state index >= 15 is 0 Å². The molecule has 1 fully saturated rings. The maximum absolute atomic E-state index is 13.6. The minimum atomic E-state index is -0.669. The predicted molar refractivity (Wildman–Crippen MR) is 71.5 cm³/mol. The van der Waals surface area contributed by atoms with Crippen LogP contribution in [-0.4, -0.2) is 37.6 Å². The van der Waals surface area contributed by atoms with Crippen molar-refractivity contribution in [2.45, 2.75) is 19.3 Å². The lowest BCUT2D eigenvalue weighted by molar-refractivity contribution is 0.0664. The highest BCUT2D eigenvalue weighted by Gasteiger charge is 2.25. The Balaban J connectivity index is 1.96. The average molecular weight is 283 g/mol. The molecule has 1 aromatic rings. The number of nitrogens with zero attached hydrogens (tertiary/aromatic N) is 1. The summed E-state index contributed by atoms with van der Waals surface area (Å²) >= 11 is 0. The van der Waals surface area contributed by atoms with Crippen LogP contribution in [0.15, 0.2) is 18.2 Å². The van der Waals surface area contributed by atoms with E-state index < -0.39 is 17.5 Å². The first-order valence-corrected chi connectivity index (χ1v) is 6.85. The van der Waals surface area contributed by atoms with Crippen molar-refractivity contribution in [2.75, 3.05) is 26.8 Å².